The van der Waals surface area contributed by atoms with Gasteiger partial charge in [-0.1, -0.05) is 35.9 Å². The third kappa shape index (κ3) is 3.69. The van der Waals surface area contributed by atoms with Crippen LogP contribution in [0.1, 0.15) is 11.1 Å². The molecule has 19 heavy (non-hydrogen) atoms. The van der Waals surface area contributed by atoms with Crippen molar-refractivity contribution in [3.05, 3.63) is 64.4 Å². The average Bonchev–Trinajstić information content (AvgIpc) is 2.38. The molecule has 0 fully saturated rings. The van der Waals surface area contributed by atoms with Crippen LogP contribution in [0, 0.1) is 5.82 Å². The number of rotatable bonds is 5. The third-order valence-corrected chi connectivity index (χ3v) is 2.97. The Bertz CT molecular complexity index is 560. The molecule has 2 N–H and O–H groups in total. The van der Waals surface area contributed by atoms with Gasteiger partial charge in [-0.25, -0.2) is 4.39 Å². The summed E-state index contributed by atoms with van der Waals surface area (Å²) in [6.45, 7) is 0.732. The lowest BCUT2D eigenvalue weighted by atomic mass is 10.1. The van der Waals surface area contributed by atoms with E-state index >= 15 is 0 Å². The zero-order chi connectivity index (χ0) is 13.7. The summed E-state index contributed by atoms with van der Waals surface area (Å²) in [5.41, 5.74) is 7.19. The van der Waals surface area contributed by atoms with Crippen molar-refractivity contribution in [3.63, 3.8) is 0 Å². The maximum absolute atomic E-state index is 13.8. The Morgan fingerprint density at radius 3 is 2.68 bits per heavy atom. The highest BCUT2D eigenvalue weighted by Gasteiger charge is 2.09. The van der Waals surface area contributed by atoms with Gasteiger partial charge < -0.3 is 10.5 Å². The first kappa shape index (κ1) is 13.8. The van der Waals surface area contributed by atoms with Crippen LogP contribution in [-0.4, -0.2) is 6.54 Å². The number of para-hydroxylation sites is 1. The van der Waals surface area contributed by atoms with Crippen LogP contribution in [0.2, 0.25) is 5.02 Å². The summed E-state index contributed by atoms with van der Waals surface area (Å²) in [6, 6.07) is 12.2. The van der Waals surface area contributed by atoms with Gasteiger partial charge in [0.25, 0.3) is 0 Å². The van der Waals surface area contributed by atoms with Gasteiger partial charge in [-0.3, -0.25) is 0 Å². The molecule has 0 saturated carbocycles. The van der Waals surface area contributed by atoms with E-state index in [-0.39, 0.29) is 18.2 Å². The van der Waals surface area contributed by atoms with E-state index in [0.717, 1.165) is 11.1 Å². The monoisotopic (exact) mass is 279 g/mol. The predicted octanol–water partition coefficient (Wildman–Crippen LogP) is 3.56. The topological polar surface area (TPSA) is 35.2 Å². The molecule has 0 radical (unpaired) electrons. The molecule has 2 aromatic carbocycles. The van der Waals surface area contributed by atoms with Gasteiger partial charge in [-0.15, -0.1) is 0 Å². The van der Waals surface area contributed by atoms with E-state index in [4.69, 9.17) is 22.1 Å². The minimum Gasteiger partial charge on any atom is -0.486 e. The lowest BCUT2D eigenvalue weighted by Crippen LogP contribution is -2.06. The highest BCUT2D eigenvalue weighted by Crippen LogP contribution is 2.24. The van der Waals surface area contributed by atoms with Gasteiger partial charge in [0, 0.05) is 5.02 Å². The number of ether oxygens (including phenoxy) is 1. The molecule has 4 heteroatoms. The Morgan fingerprint density at radius 1 is 1.16 bits per heavy atom. The van der Waals surface area contributed by atoms with Crippen molar-refractivity contribution >= 4 is 11.6 Å². The molecule has 0 aliphatic rings. The molecular formula is C15H15ClFNO. The van der Waals surface area contributed by atoms with Crippen molar-refractivity contribution in [2.45, 2.75) is 13.0 Å². The number of benzene rings is 2. The molecule has 0 aromatic heterocycles. The Morgan fingerprint density at radius 2 is 1.95 bits per heavy atom. The van der Waals surface area contributed by atoms with Crippen LogP contribution >= 0.6 is 11.6 Å². The van der Waals surface area contributed by atoms with Gasteiger partial charge in [0.1, 0.15) is 6.61 Å². The van der Waals surface area contributed by atoms with Crippen LogP contribution in [-0.2, 0) is 13.0 Å². The van der Waals surface area contributed by atoms with E-state index in [1.54, 1.807) is 18.2 Å². The molecule has 0 heterocycles. The van der Waals surface area contributed by atoms with Gasteiger partial charge in [0.15, 0.2) is 11.6 Å². The molecule has 100 valence electrons. The summed E-state index contributed by atoms with van der Waals surface area (Å²) in [6.07, 6.45) is 0.586. The second-order valence-corrected chi connectivity index (χ2v) is 4.62. The van der Waals surface area contributed by atoms with Crippen molar-refractivity contribution < 1.29 is 9.13 Å². The van der Waals surface area contributed by atoms with Crippen LogP contribution in [0.4, 0.5) is 4.39 Å². The molecule has 2 nitrogen and oxygen atoms in total. The van der Waals surface area contributed by atoms with Crippen LogP contribution < -0.4 is 10.5 Å². The van der Waals surface area contributed by atoms with Crippen LogP contribution in [0.5, 0.6) is 5.75 Å². The normalized spacial score (nSPS) is 10.5. The van der Waals surface area contributed by atoms with Crippen molar-refractivity contribution in [2.24, 2.45) is 5.73 Å². The fourth-order valence-electron chi connectivity index (χ4n) is 1.85. The van der Waals surface area contributed by atoms with Gasteiger partial charge in [0.2, 0.25) is 0 Å². The van der Waals surface area contributed by atoms with E-state index < -0.39 is 0 Å². The fourth-order valence-corrected chi connectivity index (χ4v) is 2.06. The van der Waals surface area contributed by atoms with E-state index in [2.05, 4.69) is 0 Å². The van der Waals surface area contributed by atoms with Crippen LogP contribution in [0.15, 0.2) is 42.5 Å². The average molecular weight is 280 g/mol. The minimum atomic E-state index is -0.368. The smallest absolute Gasteiger partial charge is 0.165 e. The number of nitrogens with two attached hydrogens (primary N) is 1. The van der Waals surface area contributed by atoms with Crippen molar-refractivity contribution in [3.8, 4) is 5.75 Å². The van der Waals surface area contributed by atoms with E-state index in [1.807, 2.05) is 18.2 Å². The Labute approximate surface area is 117 Å². The maximum Gasteiger partial charge on any atom is 0.165 e. The summed E-state index contributed by atoms with van der Waals surface area (Å²) in [5.74, 6) is -0.0964. The van der Waals surface area contributed by atoms with Crippen molar-refractivity contribution in [2.75, 3.05) is 6.54 Å². The lowest BCUT2D eigenvalue weighted by Gasteiger charge is -2.12. The lowest BCUT2D eigenvalue weighted by molar-refractivity contribution is 0.287. The zero-order valence-corrected chi connectivity index (χ0v) is 11.2. The minimum absolute atomic E-state index is 0.271. The molecule has 2 rings (SSSR count). The van der Waals surface area contributed by atoms with Crippen LogP contribution in [0.3, 0.4) is 0 Å². The summed E-state index contributed by atoms with van der Waals surface area (Å²) >= 11 is 5.89. The maximum atomic E-state index is 13.8. The van der Waals surface area contributed by atoms with Crippen molar-refractivity contribution in [1.82, 2.24) is 0 Å². The van der Waals surface area contributed by atoms with Crippen molar-refractivity contribution in [1.29, 1.82) is 0 Å². The van der Waals surface area contributed by atoms with Gasteiger partial charge in [-0.05, 0) is 42.3 Å². The number of hydrogen-bond acceptors (Lipinski definition) is 2. The summed E-state index contributed by atoms with van der Waals surface area (Å²) < 4.78 is 19.3. The SMILES string of the molecule is NCCc1cccc(F)c1OCc1cccc(Cl)c1. The molecule has 0 saturated heterocycles. The van der Waals surface area contributed by atoms with Gasteiger partial charge >= 0.3 is 0 Å². The Balaban J connectivity index is 2.14. The van der Waals surface area contributed by atoms with E-state index in [9.17, 15) is 4.39 Å². The molecule has 2 aromatic rings. The molecule has 0 atom stereocenters. The van der Waals surface area contributed by atoms with Crippen LogP contribution in [0.25, 0.3) is 0 Å². The molecule has 0 aliphatic carbocycles. The first-order valence-corrected chi connectivity index (χ1v) is 6.43. The van der Waals surface area contributed by atoms with Gasteiger partial charge in [-0.2, -0.15) is 0 Å². The third-order valence-electron chi connectivity index (χ3n) is 2.73. The highest BCUT2D eigenvalue weighted by atomic mass is 35.5. The molecular weight excluding hydrogens is 265 g/mol. The molecule has 0 spiro atoms. The fraction of sp³-hybridized carbons (Fsp3) is 0.200. The summed E-state index contributed by atoms with van der Waals surface area (Å²) in [4.78, 5) is 0. The summed E-state index contributed by atoms with van der Waals surface area (Å²) in [7, 11) is 0. The zero-order valence-electron chi connectivity index (χ0n) is 10.4. The second-order valence-electron chi connectivity index (χ2n) is 4.19. The molecule has 0 aliphatic heterocycles. The largest absolute Gasteiger partial charge is 0.486 e. The standard InChI is InChI=1S/C15H15ClFNO/c16-13-5-1-3-11(9-13)10-19-15-12(7-8-18)4-2-6-14(15)17/h1-6,9H,7-8,10,18H2. The molecule has 0 bridgehead atoms. The number of hydrogen-bond donors (Lipinski definition) is 1. The van der Waals surface area contributed by atoms with E-state index in [0.29, 0.717) is 18.0 Å². The predicted molar refractivity (Wildman–Crippen MR) is 74.9 cm³/mol. The highest BCUT2D eigenvalue weighted by molar-refractivity contribution is 6.30. The molecule has 0 amide bonds. The molecule has 0 unspecified atom stereocenters. The second kappa shape index (κ2) is 6.55. The Hall–Kier alpha value is -1.58. The first-order chi connectivity index (χ1) is 9.20. The number of halogens is 2. The summed E-state index contributed by atoms with van der Waals surface area (Å²) in [5, 5.41) is 0.636. The first-order valence-electron chi connectivity index (χ1n) is 6.05. The quantitative estimate of drug-likeness (QED) is 0.908. The van der Waals surface area contributed by atoms with E-state index in [1.165, 1.54) is 6.07 Å². The van der Waals surface area contributed by atoms with Gasteiger partial charge in [0.05, 0.1) is 0 Å². The Kier molecular flexibility index (Phi) is 4.77.